The van der Waals surface area contributed by atoms with Crippen LogP contribution < -0.4 is 5.32 Å². The Morgan fingerprint density at radius 3 is 1.80 bits per heavy atom. The number of nitrogens with one attached hydrogen (secondary N) is 1. The molecule has 80 valence electrons. The second kappa shape index (κ2) is 1.92. The molecular formula is C14H19N. The Labute approximate surface area is 91.0 Å². The summed E-state index contributed by atoms with van der Waals surface area (Å²) in [6.45, 7) is 0. The molecule has 0 aromatic heterocycles. The van der Waals surface area contributed by atoms with E-state index in [9.17, 15) is 0 Å². The Bertz CT molecular complexity index is 332. The van der Waals surface area contributed by atoms with Crippen LogP contribution in [0.1, 0.15) is 25.7 Å². The molecule has 7 aliphatic rings. The molecule has 7 fully saturated rings. The van der Waals surface area contributed by atoms with Crippen molar-refractivity contribution in [2.75, 3.05) is 0 Å². The molecule has 0 aliphatic heterocycles. The van der Waals surface area contributed by atoms with Crippen molar-refractivity contribution in [1.82, 2.24) is 5.32 Å². The van der Waals surface area contributed by atoms with E-state index in [1.807, 2.05) is 0 Å². The van der Waals surface area contributed by atoms with Crippen molar-refractivity contribution >= 4 is 0 Å². The summed E-state index contributed by atoms with van der Waals surface area (Å²) in [5.41, 5.74) is 0. The summed E-state index contributed by atoms with van der Waals surface area (Å²) in [7, 11) is 0. The number of hydrogen-bond donors (Lipinski definition) is 1. The largest absolute Gasteiger partial charge is 0.311 e. The summed E-state index contributed by atoms with van der Waals surface area (Å²) in [6.07, 6.45) is 6.27. The lowest BCUT2D eigenvalue weighted by atomic mass is 9.71. The lowest BCUT2D eigenvalue weighted by molar-refractivity contribution is 0.132. The van der Waals surface area contributed by atoms with Crippen LogP contribution in [-0.2, 0) is 0 Å². The Morgan fingerprint density at radius 2 is 1.27 bits per heavy atom. The molecule has 15 heavy (non-hydrogen) atoms. The molecule has 7 rings (SSSR count). The average molecular weight is 201 g/mol. The van der Waals surface area contributed by atoms with E-state index in [1.54, 1.807) is 12.8 Å². The van der Waals surface area contributed by atoms with E-state index in [0.29, 0.717) is 0 Å². The van der Waals surface area contributed by atoms with Crippen molar-refractivity contribution in [3.8, 4) is 0 Å². The molecule has 1 N–H and O–H groups in total. The zero-order valence-corrected chi connectivity index (χ0v) is 9.10. The van der Waals surface area contributed by atoms with Crippen LogP contribution in [0.2, 0.25) is 0 Å². The molecule has 6 bridgehead atoms. The van der Waals surface area contributed by atoms with Crippen molar-refractivity contribution in [3.63, 3.8) is 0 Å². The maximum atomic E-state index is 4.03. The second-order valence-corrected chi connectivity index (χ2v) is 7.40. The van der Waals surface area contributed by atoms with Gasteiger partial charge in [0.05, 0.1) is 0 Å². The van der Waals surface area contributed by atoms with Gasteiger partial charge in [0.2, 0.25) is 0 Å². The Morgan fingerprint density at radius 1 is 0.667 bits per heavy atom. The molecule has 8 atom stereocenters. The zero-order valence-electron chi connectivity index (χ0n) is 9.10. The molecule has 0 saturated heterocycles. The minimum atomic E-state index is 0.949. The van der Waals surface area contributed by atoms with Gasteiger partial charge in [0.1, 0.15) is 0 Å². The van der Waals surface area contributed by atoms with Crippen molar-refractivity contribution in [2.24, 2.45) is 47.3 Å². The van der Waals surface area contributed by atoms with Crippen LogP contribution in [0.3, 0.4) is 0 Å². The average Bonchev–Trinajstić information content (AvgIpc) is 2.56. The van der Waals surface area contributed by atoms with Crippen LogP contribution in [0.25, 0.3) is 0 Å². The molecule has 0 spiro atoms. The summed E-state index contributed by atoms with van der Waals surface area (Å²) in [5, 5.41) is 4.03. The fourth-order valence-corrected chi connectivity index (χ4v) is 7.37. The monoisotopic (exact) mass is 201 g/mol. The summed E-state index contributed by atoms with van der Waals surface area (Å²) >= 11 is 0. The maximum Gasteiger partial charge on any atom is 0.0137 e. The molecule has 0 aromatic carbocycles. The third-order valence-corrected chi connectivity index (χ3v) is 7.33. The molecule has 0 aromatic rings. The van der Waals surface area contributed by atoms with Crippen LogP contribution in [0.15, 0.2) is 0 Å². The molecule has 7 saturated carbocycles. The van der Waals surface area contributed by atoms with E-state index in [4.69, 9.17) is 0 Å². The van der Waals surface area contributed by atoms with Gasteiger partial charge in [-0.05, 0) is 73.0 Å². The van der Waals surface area contributed by atoms with Gasteiger partial charge in [-0.15, -0.1) is 0 Å². The molecular weight excluding hydrogens is 182 g/mol. The van der Waals surface area contributed by atoms with Gasteiger partial charge in [0.15, 0.2) is 0 Å². The normalized spacial score (nSPS) is 75.6. The molecule has 1 nitrogen and oxygen atoms in total. The fourth-order valence-electron chi connectivity index (χ4n) is 7.37. The summed E-state index contributed by atoms with van der Waals surface area (Å²) in [4.78, 5) is 0. The van der Waals surface area contributed by atoms with Gasteiger partial charge in [-0.2, -0.15) is 0 Å². The first-order valence-electron chi connectivity index (χ1n) is 7.19. The lowest BCUT2D eigenvalue weighted by Crippen LogP contribution is -2.36. The fraction of sp³-hybridized carbons (Fsp3) is 1.00. The summed E-state index contributed by atoms with van der Waals surface area (Å²) < 4.78 is 0. The van der Waals surface area contributed by atoms with E-state index in [1.165, 1.54) is 48.3 Å². The number of hydrogen-bond acceptors (Lipinski definition) is 1. The van der Waals surface area contributed by atoms with Crippen molar-refractivity contribution in [3.05, 3.63) is 0 Å². The first-order chi connectivity index (χ1) is 7.43. The van der Waals surface area contributed by atoms with Gasteiger partial charge in [0, 0.05) is 12.1 Å². The van der Waals surface area contributed by atoms with Gasteiger partial charge < -0.3 is 5.32 Å². The summed E-state index contributed by atoms with van der Waals surface area (Å²) in [5.74, 6) is 9.59. The predicted molar refractivity (Wildman–Crippen MR) is 57.1 cm³/mol. The number of rotatable bonds is 2. The van der Waals surface area contributed by atoms with E-state index < -0.39 is 0 Å². The Balaban J connectivity index is 1.50. The van der Waals surface area contributed by atoms with Gasteiger partial charge in [-0.25, -0.2) is 0 Å². The first-order valence-corrected chi connectivity index (χ1v) is 7.19. The highest BCUT2D eigenvalue weighted by atomic mass is 15.1. The third-order valence-electron chi connectivity index (χ3n) is 7.33. The molecule has 7 aliphatic carbocycles. The smallest absolute Gasteiger partial charge is 0.0137 e. The highest BCUT2D eigenvalue weighted by Crippen LogP contribution is 2.82. The highest BCUT2D eigenvalue weighted by molar-refractivity contribution is 5.29. The minimum Gasteiger partial charge on any atom is -0.311 e. The minimum absolute atomic E-state index is 0.949. The van der Waals surface area contributed by atoms with E-state index in [2.05, 4.69) is 5.32 Å². The van der Waals surface area contributed by atoms with Crippen LogP contribution in [0.4, 0.5) is 0 Å². The quantitative estimate of drug-likeness (QED) is 0.719. The molecule has 1 heteroatoms. The second-order valence-electron chi connectivity index (χ2n) is 7.40. The third kappa shape index (κ3) is 0.574. The van der Waals surface area contributed by atoms with Crippen molar-refractivity contribution in [1.29, 1.82) is 0 Å². The lowest BCUT2D eigenvalue weighted by Gasteiger charge is -2.33. The van der Waals surface area contributed by atoms with Crippen molar-refractivity contribution in [2.45, 2.75) is 37.8 Å². The van der Waals surface area contributed by atoms with E-state index in [0.717, 1.165) is 23.9 Å². The standard InChI is InChI=1S/C14H19N/c1-2-5(1)15-14-12-8-3-6-7-4-9(10(6)12)13(14)11(7)8/h5-15H,1-4H2. The summed E-state index contributed by atoms with van der Waals surface area (Å²) in [6, 6.07) is 1.95. The van der Waals surface area contributed by atoms with Gasteiger partial charge in [0.25, 0.3) is 0 Å². The molecule has 8 unspecified atom stereocenters. The van der Waals surface area contributed by atoms with Gasteiger partial charge in [-0.1, -0.05) is 0 Å². The van der Waals surface area contributed by atoms with Crippen LogP contribution >= 0.6 is 0 Å². The molecule has 0 amide bonds. The first kappa shape index (κ1) is 7.32. The van der Waals surface area contributed by atoms with Crippen LogP contribution in [-0.4, -0.2) is 12.1 Å². The van der Waals surface area contributed by atoms with Crippen molar-refractivity contribution < 1.29 is 0 Å². The van der Waals surface area contributed by atoms with Gasteiger partial charge >= 0.3 is 0 Å². The Kier molecular flexibility index (Phi) is 0.936. The zero-order chi connectivity index (χ0) is 9.31. The Hall–Kier alpha value is -0.0400. The van der Waals surface area contributed by atoms with E-state index in [-0.39, 0.29) is 0 Å². The van der Waals surface area contributed by atoms with Gasteiger partial charge in [-0.3, -0.25) is 0 Å². The van der Waals surface area contributed by atoms with Crippen LogP contribution in [0, 0.1) is 47.3 Å². The SMILES string of the molecule is C1CC1NC1C2C3CC4C5CC(C42)C1C53. The molecule has 0 heterocycles. The van der Waals surface area contributed by atoms with E-state index >= 15 is 0 Å². The highest BCUT2D eigenvalue weighted by Gasteiger charge is 2.80. The van der Waals surface area contributed by atoms with Crippen LogP contribution in [0.5, 0.6) is 0 Å². The maximum absolute atomic E-state index is 4.03. The molecule has 0 radical (unpaired) electrons. The topological polar surface area (TPSA) is 12.0 Å². The predicted octanol–water partition coefficient (Wildman–Crippen LogP) is 1.88.